The highest BCUT2D eigenvalue weighted by Gasteiger charge is 2.27. The van der Waals surface area contributed by atoms with E-state index >= 15 is 0 Å². The van der Waals surface area contributed by atoms with Gasteiger partial charge < -0.3 is 10.2 Å². The van der Waals surface area contributed by atoms with Crippen LogP contribution >= 0.6 is 0 Å². The number of pyridine rings is 1. The van der Waals surface area contributed by atoms with Gasteiger partial charge in [-0.15, -0.1) is 0 Å². The maximum Gasteiger partial charge on any atom is 0.133 e. The number of piperazine rings is 1. The molecule has 2 aliphatic rings. The number of anilines is 1. The summed E-state index contributed by atoms with van der Waals surface area (Å²) in [6.45, 7) is 6.81. The predicted octanol–water partition coefficient (Wildman–Crippen LogP) is 1.33. The van der Waals surface area contributed by atoms with Crippen molar-refractivity contribution in [2.75, 3.05) is 44.7 Å². The fraction of sp³-hybridized carbons (Fsp3) is 0.667. The highest BCUT2D eigenvalue weighted by Crippen LogP contribution is 2.30. The Morgan fingerprint density at radius 3 is 2.74 bits per heavy atom. The molecule has 1 aromatic rings. The third-order valence-electron chi connectivity index (χ3n) is 4.12. The normalized spacial score (nSPS) is 20.8. The molecule has 1 saturated heterocycles. The van der Waals surface area contributed by atoms with E-state index in [4.69, 9.17) is 0 Å². The van der Waals surface area contributed by atoms with Crippen molar-refractivity contribution in [3.8, 4) is 0 Å². The second-order valence-electron chi connectivity index (χ2n) is 5.75. The van der Waals surface area contributed by atoms with E-state index in [0.717, 1.165) is 25.6 Å². The SMILES string of the molecule is CNCc1cccnc1N1CCN(CC2CC2)CC1. The molecule has 104 valence electrons. The first-order valence-corrected chi connectivity index (χ1v) is 7.42. The zero-order valence-electron chi connectivity index (χ0n) is 11.8. The van der Waals surface area contributed by atoms with Crippen molar-refractivity contribution in [1.82, 2.24) is 15.2 Å². The lowest BCUT2D eigenvalue weighted by Gasteiger charge is -2.36. The van der Waals surface area contributed by atoms with Gasteiger partial charge in [-0.25, -0.2) is 4.98 Å². The first-order chi connectivity index (χ1) is 9.36. The zero-order valence-corrected chi connectivity index (χ0v) is 11.8. The van der Waals surface area contributed by atoms with Crippen LogP contribution in [0.1, 0.15) is 18.4 Å². The Kier molecular flexibility index (Phi) is 3.99. The molecule has 3 rings (SSSR count). The van der Waals surface area contributed by atoms with Crippen LogP contribution in [0.15, 0.2) is 18.3 Å². The summed E-state index contributed by atoms with van der Waals surface area (Å²) in [7, 11) is 1.99. The van der Waals surface area contributed by atoms with Crippen molar-refractivity contribution in [3.05, 3.63) is 23.9 Å². The summed E-state index contributed by atoms with van der Waals surface area (Å²) >= 11 is 0. The molecule has 0 amide bonds. The summed E-state index contributed by atoms with van der Waals surface area (Å²) in [5.41, 5.74) is 1.31. The van der Waals surface area contributed by atoms with E-state index in [1.165, 1.54) is 43.9 Å². The lowest BCUT2D eigenvalue weighted by atomic mass is 10.2. The number of nitrogens with zero attached hydrogens (tertiary/aromatic N) is 3. The maximum atomic E-state index is 4.59. The number of hydrogen-bond acceptors (Lipinski definition) is 4. The van der Waals surface area contributed by atoms with Gasteiger partial charge >= 0.3 is 0 Å². The van der Waals surface area contributed by atoms with Crippen LogP contribution in [-0.2, 0) is 6.54 Å². The van der Waals surface area contributed by atoms with Crippen LogP contribution in [0.25, 0.3) is 0 Å². The fourth-order valence-corrected chi connectivity index (χ4v) is 2.85. The summed E-state index contributed by atoms with van der Waals surface area (Å²) in [5.74, 6) is 2.17. The van der Waals surface area contributed by atoms with Crippen molar-refractivity contribution in [3.63, 3.8) is 0 Å². The molecule has 19 heavy (non-hydrogen) atoms. The van der Waals surface area contributed by atoms with Crippen molar-refractivity contribution < 1.29 is 0 Å². The Morgan fingerprint density at radius 2 is 2.05 bits per heavy atom. The van der Waals surface area contributed by atoms with E-state index < -0.39 is 0 Å². The van der Waals surface area contributed by atoms with Gasteiger partial charge in [-0.1, -0.05) is 6.07 Å². The van der Waals surface area contributed by atoms with Gasteiger partial charge in [0.1, 0.15) is 5.82 Å². The molecule has 0 unspecified atom stereocenters. The van der Waals surface area contributed by atoms with Crippen LogP contribution in [0.3, 0.4) is 0 Å². The number of nitrogens with one attached hydrogen (secondary N) is 1. The monoisotopic (exact) mass is 260 g/mol. The summed E-state index contributed by atoms with van der Waals surface area (Å²) in [5, 5.41) is 3.23. The summed E-state index contributed by atoms with van der Waals surface area (Å²) < 4.78 is 0. The molecule has 1 saturated carbocycles. The number of hydrogen-bond donors (Lipinski definition) is 1. The Morgan fingerprint density at radius 1 is 1.26 bits per heavy atom. The van der Waals surface area contributed by atoms with Crippen molar-refractivity contribution in [1.29, 1.82) is 0 Å². The molecule has 1 N–H and O–H groups in total. The number of aromatic nitrogens is 1. The highest BCUT2D eigenvalue weighted by molar-refractivity contribution is 5.47. The minimum Gasteiger partial charge on any atom is -0.354 e. The molecule has 1 aliphatic carbocycles. The van der Waals surface area contributed by atoms with Crippen LogP contribution in [-0.4, -0.2) is 49.7 Å². The lowest BCUT2D eigenvalue weighted by Crippen LogP contribution is -2.47. The van der Waals surface area contributed by atoms with E-state index in [-0.39, 0.29) is 0 Å². The minimum absolute atomic E-state index is 0.894. The topological polar surface area (TPSA) is 31.4 Å². The van der Waals surface area contributed by atoms with E-state index in [0.29, 0.717) is 0 Å². The Labute approximate surface area is 115 Å². The lowest BCUT2D eigenvalue weighted by molar-refractivity contribution is 0.247. The summed E-state index contributed by atoms with van der Waals surface area (Å²) in [6, 6.07) is 4.20. The standard InChI is InChI=1S/C15H24N4/c1-16-11-14-3-2-6-17-15(14)19-9-7-18(8-10-19)12-13-4-5-13/h2-3,6,13,16H,4-5,7-12H2,1H3. The van der Waals surface area contributed by atoms with Crippen molar-refractivity contribution in [2.45, 2.75) is 19.4 Å². The molecule has 0 radical (unpaired) electrons. The average molecular weight is 260 g/mol. The zero-order chi connectivity index (χ0) is 13.1. The van der Waals surface area contributed by atoms with Gasteiger partial charge in [-0.3, -0.25) is 4.90 Å². The van der Waals surface area contributed by atoms with Gasteiger partial charge in [0.05, 0.1) is 0 Å². The molecule has 0 atom stereocenters. The van der Waals surface area contributed by atoms with Crippen LogP contribution < -0.4 is 10.2 Å². The molecular weight excluding hydrogens is 236 g/mol. The van der Waals surface area contributed by atoms with E-state index in [1.807, 2.05) is 19.3 Å². The quantitative estimate of drug-likeness (QED) is 0.865. The summed E-state index contributed by atoms with van der Waals surface area (Å²) in [6.07, 6.45) is 4.81. The van der Waals surface area contributed by atoms with Crippen LogP contribution in [0.2, 0.25) is 0 Å². The van der Waals surface area contributed by atoms with E-state index in [1.54, 1.807) is 0 Å². The minimum atomic E-state index is 0.894. The Balaban J connectivity index is 1.60. The third-order valence-corrected chi connectivity index (χ3v) is 4.12. The van der Waals surface area contributed by atoms with E-state index in [2.05, 4.69) is 26.2 Å². The van der Waals surface area contributed by atoms with Crippen molar-refractivity contribution >= 4 is 5.82 Å². The first-order valence-electron chi connectivity index (χ1n) is 7.42. The number of rotatable bonds is 5. The van der Waals surface area contributed by atoms with Gasteiger partial charge in [0.25, 0.3) is 0 Å². The first kappa shape index (κ1) is 12.9. The molecule has 1 aromatic heterocycles. The molecule has 2 heterocycles. The predicted molar refractivity (Wildman–Crippen MR) is 78.4 cm³/mol. The molecule has 0 bridgehead atoms. The van der Waals surface area contributed by atoms with Crippen LogP contribution in [0.5, 0.6) is 0 Å². The molecule has 1 aliphatic heterocycles. The van der Waals surface area contributed by atoms with Crippen molar-refractivity contribution in [2.24, 2.45) is 5.92 Å². The Bertz CT molecular complexity index is 408. The molecule has 4 heteroatoms. The molecule has 0 spiro atoms. The van der Waals surface area contributed by atoms with Gasteiger partial charge in [-0.2, -0.15) is 0 Å². The fourth-order valence-electron chi connectivity index (χ4n) is 2.85. The Hall–Kier alpha value is -1.13. The van der Waals surface area contributed by atoms with Gasteiger partial charge in [0, 0.05) is 51.0 Å². The van der Waals surface area contributed by atoms with Gasteiger partial charge in [0.2, 0.25) is 0 Å². The smallest absolute Gasteiger partial charge is 0.133 e. The summed E-state index contributed by atoms with van der Waals surface area (Å²) in [4.78, 5) is 9.65. The van der Waals surface area contributed by atoms with Crippen LogP contribution in [0, 0.1) is 5.92 Å². The molecular formula is C15H24N4. The molecule has 4 nitrogen and oxygen atoms in total. The van der Waals surface area contributed by atoms with Crippen LogP contribution in [0.4, 0.5) is 5.82 Å². The van der Waals surface area contributed by atoms with Gasteiger partial charge in [-0.05, 0) is 31.9 Å². The largest absolute Gasteiger partial charge is 0.354 e. The second kappa shape index (κ2) is 5.88. The van der Waals surface area contributed by atoms with E-state index in [9.17, 15) is 0 Å². The molecule has 0 aromatic carbocycles. The van der Waals surface area contributed by atoms with Gasteiger partial charge in [0.15, 0.2) is 0 Å². The maximum absolute atomic E-state index is 4.59. The molecule has 2 fully saturated rings. The third kappa shape index (κ3) is 3.25. The average Bonchev–Trinajstić information content (AvgIpc) is 3.25. The highest BCUT2D eigenvalue weighted by atomic mass is 15.3. The second-order valence-corrected chi connectivity index (χ2v) is 5.75.